The zero-order chi connectivity index (χ0) is 17.6. The maximum Gasteiger partial charge on any atom is 0.275 e. The Bertz CT molecular complexity index is 942. The number of carbonyl (C=O) groups is 1. The summed E-state index contributed by atoms with van der Waals surface area (Å²) in [6, 6.07) is 7.71. The largest absolute Gasteiger partial charge is 0.378 e. The number of carbonyl (C=O) groups excluding carboxylic acids is 1. The fraction of sp³-hybridized carbons (Fsp3) is 0.389. The molecule has 7 heteroatoms. The molecule has 0 bridgehead atoms. The van der Waals surface area contributed by atoms with E-state index in [4.69, 9.17) is 4.74 Å². The van der Waals surface area contributed by atoms with Gasteiger partial charge >= 0.3 is 0 Å². The van der Waals surface area contributed by atoms with E-state index in [-0.39, 0.29) is 11.9 Å². The van der Waals surface area contributed by atoms with Gasteiger partial charge in [-0.25, -0.2) is 4.98 Å². The maximum atomic E-state index is 13.2. The zero-order valence-corrected chi connectivity index (χ0v) is 14.6. The lowest BCUT2D eigenvalue weighted by molar-refractivity contribution is 0.0627. The van der Waals surface area contributed by atoms with Gasteiger partial charge in [0.2, 0.25) is 0 Å². The number of imidazole rings is 1. The molecule has 0 radical (unpaired) electrons. The number of methoxy groups -OCH3 is 1. The molecule has 130 valence electrons. The SMILES string of the molecule is COCc1cnc2n1CCN(C(=O)c1nn(C)c3ccccc13)C2C. The van der Waals surface area contributed by atoms with Gasteiger partial charge in [-0.15, -0.1) is 0 Å². The first-order valence-corrected chi connectivity index (χ1v) is 8.37. The van der Waals surface area contributed by atoms with Crippen LogP contribution in [0.4, 0.5) is 0 Å². The Labute approximate surface area is 145 Å². The first-order valence-electron chi connectivity index (χ1n) is 8.37. The fourth-order valence-corrected chi connectivity index (χ4v) is 3.61. The van der Waals surface area contributed by atoms with Crippen molar-refractivity contribution in [2.24, 2.45) is 7.05 Å². The van der Waals surface area contributed by atoms with Crippen LogP contribution in [0.1, 0.15) is 35.0 Å². The van der Waals surface area contributed by atoms with Crippen molar-refractivity contribution in [3.05, 3.63) is 47.7 Å². The number of para-hydroxylation sites is 1. The molecule has 1 unspecified atom stereocenters. The number of fused-ring (bicyclic) bond motifs is 2. The van der Waals surface area contributed by atoms with Gasteiger partial charge in [0.15, 0.2) is 5.69 Å². The fourth-order valence-electron chi connectivity index (χ4n) is 3.61. The first-order chi connectivity index (χ1) is 12.1. The normalized spacial score (nSPS) is 17.1. The van der Waals surface area contributed by atoms with Crippen LogP contribution in [0.25, 0.3) is 10.9 Å². The average Bonchev–Trinajstić information content (AvgIpc) is 3.18. The van der Waals surface area contributed by atoms with Gasteiger partial charge < -0.3 is 14.2 Å². The van der Waals surface area contributed by atoms with Crippen molar-refractivity contribution in [2.45, 2.75) is 26.1 Å². The standard InChI is InChI=1S/C18H21N5O2/c1-12-17-19-10-13(11-25-3)23(17)9-8-22(12)18(24)16-14-6-4-5-7-15(14)21(2)20-16/h4-7,10,12H,8-9,11H2,1-3H3. The van der Waals surface area contributed by atoms with Crippen molar-refractivity contribution in [1.82, 2.24) is 24.2 Å². The van der Waals surface area contributed by atoms with Gasteiger partial charge in [0.05, 0.1) is 30.1 Å². The predicted octanol–water partition coefficient (Wildman–Crippen LogP) is 2.13. The Hall–Kier alpha value is -2.67. The lowest BCUT2D eigenvalue weighted by atomic mass is 10.1. The van der Waals surface area contributed by atoms with Gasteiger partial charge in [-0.3, -0.25) is 9.48 Å². The molecule has 1 aromatic carbocycles. The molecule has 0 fully saturated rings. The molecule has 0 aliphatic carbocycles. The zero-order valence-electron chi connectivity index (χ0n) is 14.6. The maximum absolute atomic E-state index is 13.2. The van der Waals surface area contributed by atoms with Gasteiger partial charge in [0.25, 0.3) is 5.91 Å². The quantitative estimate of drug-likeness (QED) is 0.733. The molecule has 0 saturated heterocycles. The van der Waals surface area contributed by atoms with Crippen LogP contribution in [0, 0.1) is 0 Å². The van der Waals surface area contributed by atoms with Crippen LogP contribution < -0.4 is 0 Å². The highest BCUT2D eigenvalue weighted by Gasteiger charge is 2.32. The van der Waals surface area contributed by atoms with Crippen LogP contribution in [0.5, 0.6) is 0 Å². The summed E-state index contributed by atoms with van der Waals surface area (Å²) in [7, 11) is 3.54. The summed E-state index contributed by atoms with van der Waals surface area (Å²) in [6.45, 7) is 3.88. The number of amides is 1. The molecule has 1 amide bonds. The third kappa shape index (κ3) is 2.42. The molecule has 1 atom stereocenters. The minimum atomic E-state index is -0.104. The van der Waals surface area contributed by atoms with E-state index in [1.54, 1.807) is 11.8 Å². The van der Waals surface area contributed by atoms with Crippen LogP contribution in [-0.4, -0.2) is 43.8 Å². The van der Waals surface area contributed by atoms with Crippen LogP contribution in [0.15, 0.2) is 30.5 Å². The van der Waals surface area contributed by atoms with Crippen LogP contribution in [-0.2, 0) is 24.9 Å². The van der Waals surface area contributed by atoms with Gasteiger partial charge in [-0.05, 0) is 13.0 Å². The number of ether oxygens (including phenoxy) is 1. The summed E-state index contributed by atoms with van der Waals surface area (Å²) in [6.07, 6.45) is 1.83. The molecule has 0 spiro atoms. The van der Waals surface area contributed by atoms with Crippen molar-refractivity contribution in [3.63, 3.8) is 0 Å². The molecular weight excluding hydrogens is 318 g/mol. The molecule has 1 aliphatic rings. The van der Waals surface area contributed by atoms with Crippen molar-refractivity contribution >= 4 is 16.8 Å². The van der Waals surface area contributed by atoms with Gasteiger partial charge in [0, 0.05) is 32.6 Å². The number of benzene rings is 1. The van der Waals surface area contributed by atoms with E-state index in [1.807, 2.05) is 49.3 Å². The highest BCUT2D eigenvalue weighted by Crippen LogP contribution is 2.28. The van der Waals surface area contributed by atoms with Crippen molar-refractivity contribution < 1.29 is 9.53 Å². The lowest BCUT2D eigenvalue weighted by Gasteiger charge is -2.34. The Morgan fingerprint density at radius 2 is 2.12 bits per heavy atom. The van der Waals surface area contributed by atoms with E-state index in [0.717, 1.165) is 29.0 Å². The minimum Gasteiger partial charge on any atom is -0.378 e. The Balaban J connectivity index is 1.69. The Morgan fingerprint density at radius 1 is 1.32 bits per heavy atom. The molecule has 4 rings (SSSR count). The smallest absolute Gasteiger partial charge is 0.275 e. The molecular formula is C18H21N5O2. The first kappa shape index (κ1) is 15.8. The third-order valence-electron chi connectivity index (χ3n) is 4.89. The minimum absolute atomic E-state index is 0.0492. The molecule has 25 heavy (non-hydrogen) atoms. The summed E-state index contributed by atoms with van der Waals surface area (Å²) in [5.41, 5.74) is 2.50. The Morgan fingerprint density at radius 3 is 2.92 bits per heavy atom. The monoisotopic (exact) mass is 339 g/mol. The highest BCUT2D eigenvalue weighted by molar-refractivity contribution is 6.05. The van der Waals surface area contributed by atoms with Crippen molar-refractivity contribution in [2.75, 3.05) is 13.7 Å². The van der Waals surface area contributed by atoms with E-state index in [1.165, 1.54) is 0 Å². The number of hydrogen-bond donors (Lipinski definition) is 0. The molecule has 1 aliphatic heterocycles. The molecule has 3 heterocycles. The molecule has 0 N–H and O–H groups in total. The van der Waals surface area contributed by atoms with Crippen molar-refractivity contribution in [3.8, 4) is 0 Å². The predicted molar refractivity (Wildman–Crippen MR) is 93.1 cm³/mol. The topological polar surface area (TPSA) is 65.2 Å². The summed E-state index contributed by atoms with van der Waals surface area (Å²) < 4.78 is 9.13. The molecule has 3 aromatic rings. The van der Waals surface area contributed by atoms with Gasteiger partial charge in [-0.2, -0.15) is 5.10 Å². The second-order valence-electron chi connectivity index (χ2n) is 6.36. The van der Waals surface area contributed by atoms with E-state index in [0.29, 0.717) is 18.8 Å². The molecule has 2 aromatic heterocycles. The second kappa shape index (κ2) is 6.00. The number of aromatic nitrogens is 4. The van der Waals surface area contributed by atoms with Crippen LogP contribution in [0.3, 0.4) is 0 Å². The van der Waals surface area contributed by atoms with Gasteiger partial charge in [0.1, 0.15) is 5.82 Å². The number of aryl methyl sites for hydroxylation is 1. The highest BCUT2D eigenvalue weighted by atomic mass is 16.5. The summed E-state index contributed by atoms with van der Waals surface area (Å²) >= 11 is 0. The number of rotatable bonds is 3. The summed E-state index contributed by atoms with van der Waals surface area (Å²) in [4.78, 5) is 19.5. The average molecular weight is 339 g/mol. The van der Waals surface area contributed by atoms with E-state index < -0.39 is 0 Å². The van der Waals surface area contributed by atoms with E-state index in [9.17, 15) is 4.79 Å². The Kier molecular flexibility index (Phi) is 3.80. The summed E-state index contributed by atoms with van der Waals surface area (Å²) in [5.74, 6) is 0.846. The number of nitrogens with zero attached hydrogens (tertiary/aromatic N) is 5. The number of hydrogen-bond acceptors (Lipinski definition) is 4. The lowest BCUT2D eigenvalue weighted by Crippen LogP contribution is -2.41. The third-order valence-corrected chi connectivity index (χ3v) is 4.89. The molecule has 0 saturated carbocycles. The van der Waals surface area contributed by atoms with Crippen molar-refractivity contribution in [1.29, 1.82) is 0 Å². The second-order valence-corrected chi connectivity index (χ2v) is 6.36. The van der Waals surface area contributed by atoms with Crippen LogP contribution in [0.2, 0.25) is 0 Å². The van der Waals surface area contributed by atoms with Crippen LogP contribution >= 0.6 is 0 Å². The van der Waals surface area contributed by atoms with Gasteiger partial charge in [-0.1, -0.05) is 18.2 Å². The summed E-state index contributed by atoms with van der Waals surface area (Å²) in [5, 5.41) is 5.35. The molecule has 7 nitrogen and oxygen atoms in total. The van der Waals surface area contributed by atoms with E-state index in [2.05, 4.69) is 14.6 Å². The van der Waals surface area contributed by atoms with E-state index >= 15 is 0 Å².